The van der Waals surface area contributed by atoms with E-state index < -0.39 is 5.82 Å². The van der Waals surface area contributed by atoms with Crippen LogP contribution in [0.15, 0.2) is 29.6 Å². The van der Waals surface area contributed by atoms with E-state index in [1.54, 1.807) is 23.6 Å². The first kappa shape index (κ1) is 20.6. The van der Waals surface area contributed by atoms with E-state index in [1.807, 2.05) is 6.92 Å². The van der Waals surface area contributed by atoms with Crippen molar-refractivity contribution in [2.45, 2.75) is 39.2 Å². The highest BCUT2D eigenvalue weighted by molar-refractivity contribution is 7.14. The maximum absolute atomic E-state index is 14.0. The summed E-state index contributed by atoms with van der Waals surface area (Å²) in [5.41, 5.74) is 3.83. The van der Waals surface area contributed by atoms with Crippen molar-refractivity contribution in [2.24, 2.45) is 0 Å². The fourth-order valence-electron chi connectivity index (χ4n) is 4.04. The number of amides is 1. The first-order chi connectivity index (χ1) is 15.5. The van der Waals surface area contributed by atoms with Crippen molar-refractivity contribution in [3.63, 3.8) is 0 Å². The van der Waals surface area contributed by atoms with Gasteiger partial charge >= 0.3 is 0 Å². The van der Waals surface area contributed by atoms with Crippen molar-refractivity contribution in [3.8, 4) is 17.0 Å². The van der Waals surface area contributed by atoms with E-state index in [9.17, 15) is 9.18 Å². The van der Waals surface area contributed by atoms with Crippen LogP contribution >= 0.6 is 11.3 Å². The molecule has 0 atom stereocenters. The summed E-state index contributed by atoms with van der Waals surface area (Å²) in [7, 11) is 1.42. The SMILES string of the molecule is COc1ccc(-c2csc(NC(=O)c3cc(C)nc4c3nc3n4CCCCC3)n2)cc1F. The van der Waals surface area contributed by atoms with Crippen molar-refractivity contribution in [2.75, 3.05) is 12.4 Å². The molecule has 3 aromatic heterocycles. The maximum Gasteiger partial charge on any atom is 0.259 e. The van der Waals surface area contributed by atoms with Crippen molar-refractivity contribution in [1.29, 1.82) is 0 Å². The van der Waals surface area contributed by atoms with Gasteiger partial charge in [-0.1, -0.05) is 6.42 Å². The quantitative estimate of drug-likeness (QED) is 0.473. The van der Waals surface area contributed by atoms with Gasteiger partial charge in [-0.25, -0.2) is 19.3 Å². The van der Waals surface area contributed by atoms with Crippen LogP contribution in [-0.4, -0.2) is 32.5 Å². The molecule has 4 heterocycles. The molecular formula is C23H22FN5O2S. The van der Waals surface area contributed by atoms with E-state index in [0.29, 0.717) is 27.5 Å². The zero-order valence-corrected chi connectivity index (χ0v) is 18.6. The van der Waals surface area contributed by atoms with E-state index >= 15 is 0 Å². The van der Waals surface area contributed by atoms with Gasteiger partial charge in [0, 0.05) is 29.6 Å². The number of anilines is 1. The molecular weight excluding hydrogens is 429 g/mol. The second-order valence-electron chi connectivity index (χ2n) is 7.82. The lowest BCUT2D eigenvalue weighted by Gasteiger charge is -2.06. The molecule has 1 amide bonds. The molecule has 1 aliphatic heterocycles. The van der Waals surface area contributed by atoms with Crippen LogP contribution in [0.5, 0.6) is 5.75 Å². The number of aromatic nitrogens is 4. The molecule has 0 radical (unpaired) electrons. The number of nitrogens with one attached hydrogen (secondary N) is 1. The van der Waals surface area contributed by atoms with Crippen molar-refractivity contribution in [1.82, 2.24) is 19.5 Å². The number of aryl methyl sites for hydroxylation is 3. The maximum atomic E-state index is 14.0. The fraction of sp³-hybridized carbons (Fsp3) is 0.304. The van der Waals surface area contributed by atoms with Gasteiger partial charge in [0.2, 0.25) is 0 Å². The number of nitrogens with zero attached hydrogens (tertiary/aromatic N) is 4. The molecule has 164 valence electrons. The Kier molecular flexibility index (Phi) is 5.34. The smallest absolute Gasteiger partial charge is 0.259 e. The lowest BCUT2D eigenvalue weighted by atomic mass is 10.1. The standard InChI is InChI=1S/C23H22FN5O2S/c1-13-10-15(20-21(25-13)29-9-5-3-4-6-19(29)27-20)22(30)28-23-26-17(12-32-23)14-7-8-18(31-2)16(24)11-14/h7-8,10-12H,3-6,9H2,1-2H3,(H,26,28,30). The van der Waals surface area contributed by atoms with Gasteiger partial charge in [0.05, 0.1) is 18.4 Å². The number of ether oxygens (including phenoxy) is 1. The van der Waals surface area contributed by atoms with E-state index in [1.165, 1.54) is 30.9 Å². The second-order valence-corrected chi connectivity index (χ2v) is 8.67. The molecule has 1 aliphatic rings. The van der Waals surface area contributed by atoms with Gasteiger partial charge in [0.1, 0.15) is 11.3 Å². The Morgan fingerprint density at radius 3 is 2.88 bits per heavy atom. The highest BCUT2D eigenvalue weighted by Gasteiger charge is 2.21. The first-order valence-electron chi connectivity index (χ1n) is 10.5. The number of fused-ring (bicyclic) bond motifs is 3. The largest absolute Gasteiger partial charge is 0.494 e. The number of halogens is 1. The highest BCUT2D eigenvalue weighted by Crippen LogP contribution is 2.29. The summed E-state index contributed by atoms with van der Waals surface area (Å²) in [4.78, 5) is 27.0. The molecule has 0 fully saturated rings. The second kappa shape index (κ2) is 8.31. The molecule has 32 heavy (non-hydrogen) atoms. The number of rotatable bonds is 4. The minimum Gasteiger partial charge on any atom is -0.494 e. The van der Waals surface area contributed by atoms with Gasteiger partial charge in [-0.2, -0.15) is 0 Å². The van der Waals surface area contributed by atoms with E-state index in [0.717, 1.165) is 43.0 Å². The fourth-order valence-corrected chi connectivity index (χ4v) is 4.76. The zero-order valence-electron chi connectivity index (χ0n) is 17.8. The highest BCUT2D eigenvalue weighted by atomic mass is 32.1. The summed E-state index contributed by atoms with van der Waals surface area (Å²) >= 11 is 1.28. The number of hydrogen-bond acceptors (Lipinski definition) is 6. The third-order valence-electron chi connectivity index (χ3n) is 5.61. The Balaban J connectivity index is 1.44. The normalized spacial score (nSPS) is 13.6. The minimum atomic E-state index is -0.460. The molecule has 5 rings (SSSR count). The summed E-state index contributed by atoms with van der Waals surface area (Å²) in [6, 6.07) is 6.42. The molecule has 0 saturated carbocycles. The Labute approximate surface area is 188 Å². The number of carbonyl (C=O) groups excluding carboxylic acids is 1. The lowest BCUT2D eigenvalue weighted by molar-refractivity contribution is 0.102. The predicted octanol–water partition coefficient (Wildman–Crippen LogP) is 4.99. The van der Waals surface area contributed by atoms with Crippen LogP contribution in [0.3, 0.4) is 0 Å². The molecule has 4 aromatic rings. The summed E-state index contributed by atoms with van der Waals surface area (Å²) in [5, 5.41) is 5.09. The third kappa shape index (κ3) is 3.73. The number of benzene rings is 1. The van der Waals surface area contributed by atoms with Crippen molar-refractivity contribution in [3.05, 3.63) is 52.5 Å². The monoisotopic (exact) mass is 451 g/mol. The van der Waals surface area contributed by atoms with Crippen LogP contribution in [0.2, 0.25) is 0 Å². The number of imidazole rings is 1. The molecule has 1 N–H and O–H groups in total. The van der Waals surface area contributed by atoms with Crippen LogP contribution in [-0.2, 0) is 13.0 Å². The topological polar surface area (TPSA) is 81.9 Å². The zero-order chi connectivity index (χ0) is 22.2. The molecule has 0 aliphatic carbocycles. The molecule has 0 unspecified atom stereocenters. The Hall–Kier alpha value is -3.33. The Morgan fingerprint density at radius 2 is 2.06 bits per heavy atom. The van der Waals surface area contributed by atoms with Crippen LogP contribution in [0, 0.1) is 12.7 Å². The van der Waals surface area contributed by atoms with E-state index in [4.69, 9.17) is 9.72 Å². The molecule has 0 bridgehead atoms. The summed E-state index contributed by atoms with van der Waals surface area (Å²) in [5.74, 6) is 0.420. The lowest BCUT2D eigenvalue weighted by Crippen LogP contribution is -2.13. The number of thiazole rings is 1. The van der Waals surface area contributed by atoms with E-state index in [2.05, 4.69) is 19.9 Å². The number of hydrogen-bond donors (Lipinski definition) is 1. The van der Waals surface area contributed by atoms with Gasteiger partial charge in [0.25, 0.3) is 5.91 Å². The average Bonchev–Trinajstić information content (AvgIpc) is 3.30. The Morgan fingerprint density at radius 1 is 1.19 bits per heavy atom. The predicted molar refractivity (Wildman–Crippen MR) is 122 cm³/mol. The number of carbonyl (C=O) groups is 1. The number of methoxy groups -OCH3 is 1. The van der Waals surface area contributed by atoms with Crippen LogP contribution in [0.1, 0.15) is 41.1 Å². The molecule has 7 nitrogen and oxygen atoms in total. The summed E-state index contributed by atoms with van der Waals surface area (Å²) in [6.45, 7) is 2.75. The van der Waals surface area contributed by atoms with Crippen molar-refractivity contribution >= 4 is 33.5 Å². The summed E-state index contributed by atoms with van der Waals surface area (Å²) in [6.07, 6.45) is 4.25. The van der Waals surface area contributed by atoms with Crippen LogP contribution < -0.4 is 10.1 Å². The Bertz CT molecular complexity index is 1330. The molecule has 9 heteroatoms. The third-order valence-corrected chi connectivity index (χ3v) is 6.37. The minimum absolute atomic E-state index is 0.174. The van der Waals surface area contributed by atoms with Gasteiger partial charge < -0.3 is 9.30 Å². The first-order valence-corrected chi connectivity index (χ1v) is 11.4. The molecule has 0 saturated heterocycles. The molecule has 1 aromatic carbocycles. The van der Waals surface area contributed by atoms with Gasteiger partial charge in [-0.05, 0) is 44.0 Å². The molecule has 0 spiro atoms. The van der Waals surface area contributed by atoms with Crippen LogP contribution in [0.4, 0.5) is 9.52 Å². The summed E-state index contributed by atoms with van der Waals surface area (Å²) < 4.78 is 21.2. The van der Waals surface area contributed by atoms with E-state index in [-0.39, 0.29) is 11.7 Å². The van der Waals surface area contributed by atoms with Crippen LogP contribution in [0.25, 0.3) is 22.4 Å². The van der Waals surface area contributed by atoms with Crippen molar-refractivity contribution < 1.29 is 13.9 Å². The van der Waals surface area contributed by atoms with Gasteiger partial charge in [-0.15, -0.1) is 11.3 Å². The average molecular weight is 452 g/mol. The van der Waals surface area contributed by atoms with Gasteiger partial charge in [0.15, 0.2) is 22.3 Å². The number of pyridine rings is 1. The van der Waals surface area contributed by atoms with Gasteiger partial charge in [-0.3, -0.25) is 10.1 Å².